The fraction of sp³-hybridized carbons (Fsp3) is 0.350. The zero-order valence-electron chi connectivity index (χ0n) is 17.9. The van der Waals surface area contributed by atoms with Crippen LogP contribution in [0, 0.1) is 5.82 Å². The van der Waals surface area contributed by atoms with Gasteiger partial charge in [-0.15, -0.1) is 11.3 Å². The number of aromatic nitrogens is 1. The summed E-state index contributed by atoms with van der Waals surface area (Å²) < 4.78 is 45.4. The summed E-state index contributed by atoms with van der Waals surface area (Å²) in [6, 6.07) is 3.52. The first kappa shape index (κ1) is 26.4. The number of carbonyl (C=O) groups is 1. The fourth-order valence-corrected chi connectivity index (χ4v) is 4.53. The van der Waals surface area contributed by atoms with Crippen molar-refractivity contribution >= 4 is 49.2 Å². The van der Waals surface area contributed by atoms with Crippen molar-refractivity contribution in [3.8, 4) is 0 Å². The van der Waals surface area contributed by atoms with Crippen molar-refractivity contribution in [3.05, 3.63) is 61.9 Å². The number of benzene rings is 1. The van der Waals surface area contributed by atoms with Crippen LogP contribution in [0.25, 0.3) is 0 Å². The summed E-state index contributed by atoms with van der Waals surface area (Å²) in [6.45, 7) is 3.00. The number of thiazole rings is 1. The number of carboxylic acids is 1. The Labute approximate surface area is 208 Å². The van der Waals surface area contributed by atoms with Gasteiger partial charge in [0.05, 0.1) is 36.8 Å². The largest absolute Gasteiger partial charge is 0.478 e. The van der Waals surface area contributed by atoms with E-state index >= 15 is 0 Å². The van der Waals surface area contributed by atoms with E-state index in [2.05, 4.69) is 36.1 Å². The average Bonchev–Trinajstić information content (AvgIpc) is 3.27. The summed E-state index contributed by atoms with van der Waals surface area (Å²) in [5.41, 5.74) is 1.22. The van der Waals surface area contributed by atoms with Crippen molar-refractivity contribution in [3.63, 3.8) is 0 Å². The van der Waals surface area contributed by atoms with Crippen LogP contribution in [0.4, 0.5) is 4.39 Å². The Balaban J connectivity index is 0.000000588. The van der Waals surface area contributed by atoms with Crippen molar-refractivity contribution in [2.45, 2.75) is 6.04 Å². The Morgan fingerprint density at radius 3 is 2.62 bits per heavy atom. The number of nitrogens with zero attached hydrogens (tertiary/aromatic N) is 3. The summed E-state index contributed by atoms with van der Waals surface area (Å²) in [5.74, 6) is -0.960. The second-order valence-corrected chi connectivity index (χ2v) is 10.5. The fourth-order valence-electron chi connectivity index (χ4n) is 3.36. The highest BCUT2D eigenvalue weighted by atomic mass is 79.9. The minimum Gasteiger partial charge on any atom is -0.478 e. The number of carboxylic acid groups (broad SMARTS) is 1. The molecule has 2 aliphatic rings. The van der Waals surface area contributed by atoms with Crippen LogP contribution < -0.4 is 5.32 Å². The van der Waals surface area contributed by atoms with E-state index in [1.807, 2.05) is 5.38 Å². The lowest BCUT2D eigenvalue weighted by Gasteiger charge is -2.31. The molecule has 184 valence electrons. The SMILES string of the molecule is CS(=O)(=O)O.O=C(O)C1=C(CN2CCOCC2)N=C(c2nccs2)NC1c1ccc(F)cc1Br. The van der Waals surface area contributed by atoms with Gasteiger partial charge in [0.2, 0.25) is 0 Å². The Hall–Kier alpha value is -2.23. The summed E-state index contributed by atoms with van der Waals surface area (Å²) >= 11 is 4.78. The van der Waals surface area contributed by atoms with Gasteiger partial charge in [0.15, 0.2) is 10.8 Å². The van der Waals surface area contributed by atoms with Gasteiger partial charge in [0.1, 0.15) is 5.82 Å². The lowest BCUT2D eigenvalue weighted by Crippen LogP contribution is -2.41. The van der Waals surface area contributed by atoms with Crippen LogP contribution in [0.3, 0.4) is 0 Å². The maximum Gasteiger partial charge on any atom is 0.335 e. The highest BCUT2D eigenvalue weighted by Gasteiger charge is 2.34. The van der Waals surface area contributed by atoms with E-state index in [9.17, 15) is 22.7 Å². The van der Waals surface area contributed by atoms with E-state index in [1.165, 1.54) is 23.5 Å². The lowest BCUT2D eigenvalue weighted by atomic mass is 9.95. The molecule has 0 bridgehead atoms. The van der Waals surface area contributed by atoms with Gasteiger partial charge < -0.3 is 15.2 Å². The molecule has 0 aliphatic carbocycles. The van der Waals surface area contributed by atoms with Gasteiger partial charge in [-0.3, -0.25) is 9.45 Å². The smallest absolute Gasteiger partial charge is 0.335 e. The van der Waals surface area contributed by atoms with Gasteiger partial charge in [-0.1, -0.05) is 22.0 Å². The third-order valence-corrected chi connectivity index (χ3v) is 6.21. The molecule has 1 aromatic heterocycles. The monoisotopic (exact) mass is 576 g/mol. The molecule has 2 aromatic rings. The molecule has 1 saturated heterocycles. The molecule has 34 heavy (non-hydrogen) atoms. The van der Waals surface area contributed by atoms with Gasteiger partial charge in [-0.25, -0.2) is 19.2 Å². The number of amidine groups is 1. The van der Waals surface area contributed by atoms with Crippen molar-refractivity contribution in [1.29, 1.82) is 0 Å². The molecule has 0 radical (unpaired) electrons. The van der Waals surface area contributed by atoms with Crippen molar-refractivity contribution < 1.29 is 32.0 Å². The molecule has 14 heteroatoms. The first-order valence-corrected chi connectivity index (χ1v) is 13.4. The van der Waals surface area contributed by atoms with E-state index in [0.717, 1.165) is 0 Å². The van der Waals surface area contributed by atoms with Crippen molar-refractivity contribution in [1.82, 2.24) is 15.2 Å². The Morgan fingerprint density at radius 2 is 2.06 bits per heavy atom. The van der Waals surface area contributed by atoms with E-state index in [-0.39, 0.29) is 5.57 Å². The molecule has 1 unspecified atom stereocenters. The zero-order chi connectivity index (χ0) is 24.9. The van der Waals surface area contributed by atoms with Crippen LogP contribution in [0.2, 0.25) is 0 Å². The van der Waals surface area contributed by atoms with E-state index in [1.54, 1.807) is 12.3 Å². The minimum absolute atomic E-state index is 0.143. The molecule has 1 aromatic carbocycles. The van der Waals surface area contributed by atoms with Gasteiger partial charge in [-0.05, 0) is 17.7 Å². The number of rotatable bonds is 5. The number of aliphatic imine (C=N–C) groups is 1. The highest BCUT2D eigenvalue weighted by molar-refractivity contribution is 9.10. The lowest BCUT2D eigenvalue weighted by molar-refractivity contribution is -0.133. The van der Waals surface area contributed by atoms with Gasteiger partial charge in [0.25, 0.3) is 10.1 Å². The molecule has 10 nitrogen and oxygen atoms in total. The van der Waals surface area contributed by atoms with Crippen LogP contribution in [0.5, 0.6) is 0 Å². The van der Waals surface area contributed by atoms with E-state index in [0.29, 0.717) is 65.7 Å². The standard InChI is InChI=1S/C19H18BrFN4O3S.CH4O3S/c20-13-9-11(21)1-2-12(13)16-15(19(26)27)14(10-25-4-6-28-7-5-25)23-17(24-16)18-22-3-8-29-18;1-5(2,3)4/h1-3,8-9,16H,4-7,10H2,(H,23,24)(H,26,27);1H3,(H,2,3,4). The molecule has 4 rings (SSSR count). The number of hydrogen-bond donors (Lipinski definition) is 3. The Morgan fingerprint density at radius 1 is 1.38 bits per heavy atom. The molecular weight excluding hydrogens is 555 g/mol. The first-order chi connectivity index (χ1) is 16.0. The zero-order valence-corrected chi connectivity index (χ0v) is 21.2. The normalized spacial score (nSPS) is 19.1. The maximum absolute atomic E-state index is 13.6. The molecule has 0 amide bonds. The summed E-state index contributed by atoms with van der Waals surface area (Å²) in [7, 11) is -3.67. The first-order valence-electron chi connectivity index (χ1n) is 9.92. The number of halogens is 2. The average molecular weight is 577 g/mol. The van der Waals surface area contributed by atoms with Gasteiger partial charge >= 0.3 is 5.97 Å². The minimum atomic E-state index is -3.67. The van der Waals surface area contributed by atoms with Crippen LogP contribution in [0.1, 0.15) is 16.6 Å². The second kappa shape index (κ2) is 11.5. The van der Waals surface area contributed by atoms with Crippen molar-refractivity contribution in [2.24, 2.45) is 4.99 Å². The van der Waals surface area contributed by atoms with Crippen LogP contribution >= 0.6 is 27.3 Å². The van der Waals surface area contributed by atoms with Crippen molar-refractivity contribution in [2.75, 3.05) is 39.1 Å². The van der Waals surface area contributed by atoms with Gasteiger partial charge in [-0.2, -0.15) is 8.42 Å². The number of morpholine rings is 1. The van der Waals surface area contributed by atoms with Crippen LogP contribution in [-0.4, -0.2) is 78.9 Å². The number of nitrogens with one attached hydrogen (secondary N) is 1. The quantitative estimate of drug-likeness (QED) is 0.457. The molecule has 0 saturated carbocycles. The third-order valence-electron chi connectivity index (χ3n) is 4.74. The second-order valence-electron chi connectivity index (χ2n) is 7.33. The molecular formula is C20H22BrFN4O6S2. The third kappa shape index (κ3) is 7.38. The highest BCUT2D eigenvalue weighted by Crippen LogP contribution is 2.34. The van der Waals surface area contributed by atoms with Gasteiger partial charge in [0, 0.05) is 35.7 Å². The van der Waals surface area contributed by atoms with E-state index < -0.39 is 27.9 Å². The number of ether oxygens (including phenoxy) is 1. The molecule has 3 heterocycles. The molecule has 2 aliphatic heterocycles. The molecule has 1 atom stereocenters. The number of hydrogen-bond acceptors (Lipinski definition) is 9. The van der Waals surface area contributed by atoms with E-state index in [4.69, 9.17) is 9.29 Å². The van der Waals surface area contributed by atoms with Crippen LogP contribution in [-0.2, 0) is 19.6 Å². The Bertz CT molecular complexity index is 1190. The maximum atomic E-state index is 13.6. The van der Waals surface area contributed by atoms with Crippen LogP contribution in [0.15, 0.2) is 50.5 Å². The summed E-state index contributed by atoms with van der Waals surface area (Å²) in [6.07, 6.45) is 2.39. The number of aliphatic carboxylic acids is 1. The predicted molar refractivity (Wildman–Crippen MR) is 128 cm³/mol. The molecule has 3 N–H and O–H groups in total. The molecule has 1 fully saturated rings. The summed E-state index contributed by atoms with van der Waals surface area (Å²) in [5, 5.41) is 15.7. The molecule has 0 spiro atoms. The topological polar surface area (TPSA) is 141 Å². The Kier molecular flexibility index (Phi) is 8.89. The predicted octanol–water partition coefficient (Wildman–Crippen LogP) is 2.31. The summed E-state index contributed by atoms with van der Waals surface area (Å²) in [4.78, 5) is 23.3.